The van der Waals surface area contributed by atoms with E-state index in [2.05, 4.69) is 5.32 Å². The summed E-state index contributed by atoms with van der Waals surface area (Å²) in [6.07, 6.45) is 1.27. The van der Waals surface area contributed by atoms with E-state index in [4.69, 9.17) is 11.6 Å². The highest BCUT2D eigenvalue weighted by atomic mass is 35.5. The van der Waals surface area contributed by atoms with E-state index in [0.717, 1.165) is 16.3 Å². The van der Waals surface area contributed by atoms with E-state index in [1.54, 1.807) is 11.3 Å². The highest BCUT2D eigenvalue weighted by Crippen LogP contribution is 2.12. The van der Waals surface area contributed by atoms with Crippen molar-refractivity contribution in [1.82, 2.24) is 5.32 Å². The fourth-order valence-corrected chi connectivity index (χ4v) is 2.75. The normalized spacial score (nSPS) is 12.1. The van der Waals surface area contributed by atoms with Crippen LogP contribution in [0, 0.1) is 0 Å². The van der Waals surface area contributed by atoms with Crippen molar-refractivity contribution in [3.05, 3.63) is 57.2 Å². The van der Waals surface area contributed by atoms with Gasteiger partial charge < -0.3 is 5.32 Å². The Hall–Kier alpha value is -1.32. The molecular formula is C15H16ClNOS. The summed E-state index contributed by atoms with van der Waals surface area (Å²) in [6.45, 7) is 2.01. The summed E-state index contributed by atoms with van der Waals surface area (Å²) in [4.78, 5) is 12.9. The Morgan fingerprint density at radius 2 is 2.05 bits per heavy atom. The maximum Gasteiger partial charge on any atom is 0.225 e. The number of carbonyl (C=O) groups is 1. The van der Waals surface area contributed by atoms with Gasteiger partial charge in [-0.05, 0) is 42.5 Å². The van der Waals surface area contributed by atoms with E-state index < -0.39 is 0 Å². The summed E-state index contributed by atoms with van der Waals surface area (Å²) in [5.41, 5.74) is 1.17. The van der Waals surface area contributed by atoms with Gasteiger partial charge in [0.15, 0.2) is 0 Å². The minimum absolute atomic E-state index is 0.0731. The van der Waals surface area contributed by atoms with Crippen LogP contribution in [-0.4, -0.2) is 11.9 Å². The Kier molecular flexibility index (Phi) is 5.00. The minimum Gasteiger partial charge on any atom is -0.353 e. The molecule has 1 amide bonds. The molecule has 2 rings (SSSR count). The summed E-state index contributed by atoms with van der Waals surface area (Å²) < 4.78 is 0. The highest BCUT2D eigenvalue weighted by molar-refractivity contribution is 7.10. The van der Waals surface area contributed by atoms with Crippen LogP contribution in [0.1, 0.15) is 17.4 Å². The van der Waals surface area contributed by atoms with Crippen LogP contribution < -0.4 is 5.32 Å². The third-order valence-corrected chi connectivity index (χ3v) is 3.91. The molecule has 0 spiro atoms. The third-order valence-electron chi connectivity index (χ3n) is 2.78. The van der Waals surface area contributed by atoms with Crippen molar-refractivity contribution in [3.63, 3.8) is 0 Å². The standard InChI is InChI=1S/C15H16ClNOS/c1-11(9-12-4-6-13(16)7-5-12)17-15(18)10-14-3-2-8-19-14/h2-8,11H,9-10H2,1H3,(H,17,18)/t11-/m1/s1. The van der Waals surface area contributed by atoms with Gasteiger partial charge in [-0.25, -0.2) is 0 Å². The summed E-state index contributed by atoms with van der Waals surface area (Å²) in [7, 11) is 0. The van der Waals surface area contributed by atoms with Crippen LogP contribution in [0.5, 0.6) is 0 Å². The minimum atomic E-state index is 0.0731. The lowest BCUT2D eigenvalue weighted by molar-refractivity contribution is -0.120. The first kappa shape index (κ1) is 14.1. The van der Waals surface area contributed by atoms with Crippen molar-refractivity contribution in [1.29, 1.82) is 0 Å². The maximum absolute atomic E-state index is 11.8. The zero-order chi connectivity index (χ0) is 13.7. The second-order valence-electron chi connectivity index (χ2n) is 4.56. The van der Waals surface area contributed by atoms with Crippen molar-refractivity contribution in [3.8, 4) is 0 Å². The predicted molar refractivity (Wildman–Crippen MR) is 80.8 cm³/mol. The highest BCUT2D eigenvalue weighted by Gasteiger charge is 2.09. The zero-order valence-electron chi connectivity index (χ0n) is 10.7. The smallest absolute Gasteiger partial charge is 0.225 e. The topological polar surface area (TPSA) is 29.1 Å². The van der Waals surface area contributed by atoms with Crippen LogP contribution in [0.2, 0.25) is 5.02 Å². The number of nitrogens with one attached hydrogen (secondary N) is 1. The van der Waals surface area contributed by atoms with Gasteiger partial charge in [0.1, 0.15) is 0 Å². The number of halogens is 1. The largest absolute Gasteiger partial charge is 0.353 e. The van der Waals surface area contributed by atoms with Gasteiger partial charge in [-0.3, -0.25) is 4.79 Å². The van der Waals surface area contributed by atoms with Gasteiger partial charge in [-0.2, -0.15) is 0 Å². The summed E-state index contributed by atoms with van der Waals surface area (Å²) in [6, 6.07) is 11.8. The van der Waals surface area contributed by atoms with Crippen molar-refractivity contribution in [2.24, 2.45) is 0 Å². The molecule has 2 aromatic rings. The lowest BCUT2D eigenvalue weighted by Gasteiger charge is -2.13. The quantitative estimate of drug-likeness (QED) is 0.895. The van der Waals surface area contributed by atoms with E-state index in [1.807, 2.05) is 48.7 Å². The molecule has 0 aliphatic heterocycles. The summed E-state index contributed by atoms with van der Waals surface area (Å²) in [5, 5.41) is 5.74. The second kappa shape index (κ2) is 6.73. The average molecular weight is 294 g/mol. The van der Waals surface area contributed by atoms with Crippen LogP contribution >= 0.6 is 22.9 Å². The number of amides is 1. The molecule has 1 atom stereocenters. The van der Waals surface area contributed by atoms with E-state index in [-0.39, 0.29) is 11.9 Å². The number of benzene rings is 1. The fraction of sp³-hybridized carbons (Fsp3) is 0.267. The Bertz CT molecular complexity index is 522. The third kappa shape index (κ3) is 4.69. The summed E-state index contributed by atoms with van der Waals surface area (Å²) >= 11 is 7.45. The first-order chi connectivity index (χ1) is 9.13. The molecule has 2 nitrogen and oxygen atoms in total. The van der Waals surface area contributed by atoms with Gasteiger partial charge in [0.25, 0.3) is 0 Å². The van der Waals surface area contributed by atoms with Gasteiger partial charge in [0.05, 0.1) is 6.42 Å². The van der Waals surface area contributed by atoms with E-state index in [1.165, 1.54) is 5.56 Å². The lowest BCUT2D eigenvalue weighted by Crippen LogP contribution is -2.34. The first-order valence-corrected chi connectivity index (χ1v) is 7.45. The first-order valence-electron chi connectivity index (χ1n) is 6.19. The number of rotatable bonds is 5. The van der Waals surface area contributed by atoms with Crippen molar-refractivity contribution in [2.75, 3.05) is 0 Å². The van der Waals surface area contributed by atoms with Gasteiger partial charge >= 0.3 is 0 Å². The maximum atomic E-state index is 11.8. The SMILES string of the molecule is C[C@H](Cc1ccc(Cl)cc1)NC(=O)Cc1cccs1. The second-order valence-corrected chi connectivity index (χ2v) is 6.02. The zero-order valence-corrected chi connectivity index (χ0v) is 12.3. The Morgan fingerprint density at radius 1 is 1.32 bits per heavy atom. The van der Waals surface area contributed by atoms with E-state index in [0.29, 0.717) is 6.42 Å². The van der Waals surface area contributed by atoms with Crippen LogP contribution in [0.3, 0.4) is 0 Å². The number of hydrogen-bond acceptors (Lipinski definition) is 2. The molecule has 0 aliphatic rings. The average Bonchev–Trinajstić information content (AvgIpc) is 2.84. The van der Waals surface area contributed by atoms with Crippen LogP contribution in [0.4, 0.5) is 0 Å². The number of hydrogen-bond donors (Lipinski definition) is 1. The molecule has 4 heteroatoms. The molecule has 0 aliphatic carbocycles. The van der Waals surface area contributed by atoms with E-state index >= 15 is 0 Å². The molecule has 1 N–H and O–H groups in total. The van der Waals surface area contributed by atoms with Crippen LogP contribution in [0.15, 0.2) is 41.8 Å². The summed E-state index contributed by atoms with van der Waals surface area (Å²) in [5.74, 6) is 0.0731. The molecule has 100 valence electrons. The molecule has 0 saturated carbocycles. The van der Waals surface area contributed by atoms with Crippen LogP contribution in [-0.2, 0) is 17.6 Å². The van der Waals surface area contributed by atoms with E-state index in [9.17, 15) is 4.79 Å². The fourth-order valence-electron chi connectivity index (χ4n) is 1.92. The molecular weight excluding hydrogens is 278 g/mol. The van der Waals surface area contributed by atoms with Crippen molar-refractivity contribution < 1.29 is 4.79 Å². The Morgan fingerprint density at radius 3 is 2.68 bits per heavy atom. The van der Waals surface area contributed by atoms with Gasteiger partial charge in [-0.15, -0.1) is 11.3 Å². The molecule has 1 aromatic heterocycles. The lowest BCUT2D eigenvalue weighted by atomic mass is 10.1. The number of carbonyl (C=O) groups excluding carboxylic acids is 1. The van der Waals surface area contributed by atoms with Gasteiger partial charge in [0, 0.05) is 15.9 Å². The molecule has 0 unspecified atom stereocenters. The van der Waals surface area contributed by atoms with Crippen LogP contribution in [0.25, 0.3) is 0 Å². The molecule has 1 aromatic carbocycles. The predicted octanol–water partition coefficient (Wildman–Crippen LogP) is 3.69. The molecule has 0 bridgehead atoms. The van der Waals surface area contributed by atoms with Crippen molar-refractivity contribution in [2.45, 2.75) is 25.8 Å². The molecule has 0 saturated heterocycles. The molecule has 19 heavy (non-hydrogen) atoms. The molecule has 0 fully saturated rings. The van der Waals surface area contributed by atoms with Gasteiger partial charge in [-0.1, -0.05) is 29.8 Å². The molecule has 1 heterocycles. The number of thiophene rings is 1. The molecule has 0 radical (unpaired) electrons. The Labute approximate surface area is 122 Å². The van der Waals surface area contributed by atoms with Crippen molar-refractivity contribution >= 4 is 28.8 Å². The Balaban J connectivity index is 1.82. The van der Waals surface area contributed by atoms with Gasteiger partial charge in [0.2, 0.25) is 5.91 Å². The monoisotopic (exact) mass is 293 g/mol.